The number of nitrogens with two attached hydrogens (primary N) is 1. The summed E-state index contributed by atoms with van der Waals surface area (Å²) in [4.78, 5) is 0. The van der Waals surface area contributed by atoms with Crippen LogP contribution in [0.25, 0.3) is 0 Å². The van der Waals surface area contributed by atoms with Crippen LogP contribution >= 0.6 is 23.2 Å². The summed E-state index contributed by atoms with van der Waals surface area (Å²) in [6, 6.07) is 5.15. The van der Waals surface area contributed by atoms with Gasteiger partial charge < -0.3 is 11.1 Å². The van der Waals surface area contributed by atoms with E-state index in [9.17, 15) is 0 Å². The molecule has 2 rings (SSSR count). The summed E-state index contributed by atoms with van der Waals surface area (Å²) < 4.78 is 0. The minimum absolute atomic E-state index is 0.450. The highest BCUT2D eigenvalue weighted by Gasteiger charge is 2.05. The zero-order valence-corrected chi connectivity index (χ0v) is 9.10. The van der Waals surface area contributed by atoms with Crippen LogP contribution in [0.1, 0.15) is 0 Å². The van der Waals surface area contributed by atoms with E-state index >= 15 is 0 Å². The zero-order valence-electron chi connectivity index (χ0n) is 7.59. The fourth-order valence-corrected chi connectivity index (χ4v) is 1.47. The van der Waals surface area contributed by atoms with Gasteiger partial charge in [-0.25, -0.2) is 0 Å². The summed E-state index contributed by atoms with van der Waals surface area (Å²) in [7, 11) is 0. The van der Waals surface area contributed by atoms with E-state index in [0.717, 1.165) is 0 Å². The molecule has 1 aromatic carbocycles. The summed E-state index contributed by atoms with van der Waals surface area (Å²) in [5, 5.41) is 10.6. The number of nitrogens with zero attached hydrogens (tertiary/aromatic N) is 1. The molecule has 4 N–H and O–H groups in total. The van der Waals surface area contributed by atoms with Crippen molar-refractivity contribution in [1.29, 1.82) is 0 Å². The summed E-state index contributed by atoms with van der Waals surface area (Å²) >= 11 is 11.8. The van der Waals surface area contributed by atoms with Crippen molar-refractivity contribution in [3.8, 4) is 0 Å². The van der Waals surface area contributed by atoms with Gasteiger partial charge in [0.25, 0.3) is 0 Å². The summed E-state index contributed by atoms with van der Waals surface area (Å²) in [5.41, 5.74) is 6.98. The summed E-state index contributed by atoms with van der Waals surface area (Å²) in [6.45, 7) is 0. The zero-order chi connectivity index (χ0) is 10.8. The third-order valence-electron chi connectivity index (χ3n) is 1.87. The Bertz CT molecular complexity index is 481. The van der Waals surface area contributed by atoms with Gasteiger partial charge in [-0.05, 0) is 18.2 Å². The molecule has 6 heteroatoms. The van der Waals surface area contributed by atoms with E-state index in [-0.39, 0.29) is 0 Å². The number of nitrogens with one attached hydrogen (secondary N) is 2. The quantitative estimate of drug-likeness (QED) is 0.759. The van der Waals surface area contributed by atoms with E-state index < -0.39 is 0 Å². The molecule has 0 saturated carbocycles. The first-order valence-corrected chi connectivity index (χ1v) is 4.93. The molecule has 0 aliphatic carbocycles. The monoisotopic (exact) mass is 242 g/mol. The van der Waals surface area contributed by atoms with Crippen LogP contribution in [0, 0.1) is 0 Å². The predicted molar refractivity (Wildman–Crippen MR) is 62.7 cm³/mol. The van der Waals surface area contributed by atoms with Gasteiger partial charge in [0.05, 0.1) is 16.9 Å². The van der Waals surface area contributed by atoms with Crippen molar-refractivity contribution in [2.75, 3.05) is 11.1 Å². The van der Waals surface area contributed by atoms with Crippen LogP contribution in [0.5, 0.6) is 0 Å². The Morgan fingerprint density at radius 2 is 2.07 bits per heavy atom. The van der Waals surface area contributed by atoms with Gasteiger partial charge in [-0.15, -0.1) is 0 Å². The molecule has 0 bridgehead atoms. The van der Waals surface area contributed by atoms with Crippen molar-refractivity contribution >= 4 is 40.4 Å². The Kier molecular flexibility index (Phi) is 2.70. The minimum Gasteiger partial charge on any atom is -0.382 e. The van der Waals surface area contributed by atoms with Crippen LogP contribution < -0.4 is 11.1 Å². The first kappa shape index (κ1) is 10.1. The van der Waals surface area contributed by atoms with Crippen molar-refractivity contribution in [1.82, 2.24) is 10.2 Å². The van der Waals surface area contributed by atoms with Gasteiger partial charge in [-0.3, -0.25) is 5.10 Å². The van der Waals surface area contributed by atoms with Gasteiger partial charge in [0.1, 0.15) is 11.5 Å². The van der Waals surface area contributed by atoms with Crippen molar-refractivity contribution in [2.45, 2.75) is 0 Å². The molecule has 0 aliphatic rings. The molecule has 0 saturated heterocycles. The lowest BCUT2D eigenvalue weighted by molar-refractivity contribution is 1.10. The molecule has 1 heterocycles. The van der Waals surface area contributed by atoms with Gasteiger partial charge in [0.2, 0.25) is 0 Å². The third-order valence-corrected chi connectivity index (χ3v) is 2.43. The van der Waals surface area contributed by atoms with Crippen LogP contribution in [0.2, 0.25) is 10.0 Å². The van der Waals surface area contributed by atoms with E-state index in [0.29, 0.717) is 27.2 Å². The number of anilines is 3. The maximum absolute atomic E-state index is 5.97. The fraction of sp³-hybridized carbons (Fsp3) is 0. The number of rotatable bonds is 2. The Labute approximate surface area is 96.4 Å². The molecule has 0 fully saturated rings. The lowest BCUT2D eigenvalue weighted by atomic mass is 10.3. The molecule has 0 atom stereocenters. The second-order valence-electron chi connectivity index (χ2n) is 2.95. The largest absolute Gasteiger partial charge is 0.382 e. The molecule has 15 heavy (non-hydrogen) atoms. The predicted octanol–water partition coefficient (Wildman–Crippen LogP) is 3.04. The van der Waals surface area contributed by atoms with Crippen LogP contribution in [0.3, 0.4) is 0 Å². The Balaban J connectivity index is 2.32. The van der Waals surface area contributed by atoms with E-state index in [1.54, 1.807) is 24.4 Å². The van der Waals surface area contributed by atoms with Crippen LogP contribution in [-0.4, -0.2) is 10.2 Å². The van der Waals surface area contributed by atoms with E-state index in [1.807, 2.05) is 0 Å². The average Bonchev–Trinajstić information content (AvgIpc) is 2.58. The maximum Gasteiger partial charge on any atom is 0.143 e. The van der Waals surface area contributed by atoms with Gasteiger partial charge in [0.15, 0.2) is 0 Å². The van der Waals surface area contributed by atoms with Crippen molar-refractivity contribution in [3.05, 3.63) is 34.4 Å². The highest BCUT2D eigenvalue weighted by molar-refractivity contribution is 6.35. The Morgan fingerprint density at radius 1 is 1.27 bits per heavy atom. The van der Waals surface area contributed by atoms with Gasteiger partial charge in [0, 0.05) is 5.02 Å². The topological polar surface area (TPSA) is 66.7 Å². The van der Waals surface area contributed by atoms with Crippen LogP contribution in [0.15, 0.2) is 24.4 Å². The SMILES string of the molecule is Nc1[nH]ncc1Nc1cc(Cl)ccc1Cl. The second-order valence-corrected chi connectivity index (χ2v) is 3.79. The first-order chi connectivity index (χ1) is 7.16. The molecule has 2 aromatic rings. The molecular weight excluding hydrogens is 235 g/mol. The van der Waals surface area contributed by atoms with E-state index in [1.165, 1.54) is 0 Å². The van der Waals surface area contributed by atoms with Crippen molar-refractivity contribution in [2.24, 2.45) is 0 Å². The van der Waals surface area contributed by atoms with Gasteiger partial charge in [-0.2, -0.15) is 5.10 Å². The highest BCUT2D eigenvalue weighted by Crippen LogP contribution is 2.29. The number of aromatic amines is 1. The molecule has 0 spiro atoms. The molecular formula is C9H8Cl2N4. The highest BCUT2D eigenvalue weighted by atomic mass is 35.5. The van der Waals surface area contributed by atoms with Crippen molar-refractivity contribution in [3.63, 3.8) is 0 Å². The smallest absolute Gasteiger partial charge is 0.143 e. The summed E-state index contributed by atoms with van der Waals surface area (Å²) in [6.07, 6.45) is 1.58. The van der Waals surface area contributed by atoms with E-state index in [4.69, 9.17) is 28.9 Å². The van der Waals surface area contributed by atoms with Gasteiger partial charge >= 0.3 is 0 Å². The molecule has 0 amide bonds. The lowest BCUT2D eigenvalue weighted by Crippen LogP contribution is -1.94. The number of hydrogen-bond donors (Lipinski definition) is 3. The second kappa shape index (κ2) is 4.00. The molecule has 4 nitrogen and oxygen atoms in total. The number of aromatic nitrogens is 2. The lowest BCUT2D eigenvalue weighted by Gasteiger charge is -2.07. The molecule has 0 radical (unpaired) electrons. The van der Waals surface area contributed by atoms with Gasteiger partial charge in [-0.1, -0.05) is 23.2 Å². The maximum atomic E-state index is 5.97. The standard InChI is InChI=1S/C9H8Cl2N4/c10-5-1-2-6(11)7(3-5)14-8-4-13-15-9(8)12/h1-4,14H,(H3,12,13,15). The minimum atomic E-state index is 0.450. The van der Waals surface area contributed by atoms with Crippen LogP contribution in [-0.2, 0) is 0 Å². The third kappa shape index (κ3) is 2.16. The Morgan fingerprint density at radius 3 is 2.73 bits per heavy atom. The molecule has 78 valence electrons. The Hall–Kier alpha value is -1.39. The normalized spacial score (nSPS) is 10.3. The number of nitrogen functional groups attached to an aromatic ring is 1. The molecule has 0 unspecified atom stereocenters. The number of benzene rings is 1. The number of hydrogen-bond acceptors (Lipinski definition) is 3. The fourth-order valence-electron chi connectivity index (χ4n) is 1.13. The number of H-pyrrole nitrogens is 1. The van der Waals surface area contributed by atoms with Crippen molar-refractivity contribution < 1.29 is 0 Å². The number of halogens is 2. The average molecular weight is 243 g/mol. The molecule has 0 aliphatic heterocycles. The van der Waals surface area contributed by atoms with Crippen LogP contribution in [0.4, 0.5) is 17.2 Å². The molecule has 1 aromatic heterocycles. The summed E-state index contributed by atoms with van der Waals surface area (Å²) in [5.74, 6) is 0.450. The first-order valence-electron chi connectivity index (χ1n) is 4.18. The van der Waals surface area contributed by atoms with E-state index in [2.05, 4.69) is 15.5 Å².